The van der Waals surface area contributed by atoms with E-state index in [1.165, 1.54) is 0 Å². The van der Waals surface area contributed by atoms with Gasteiger partial charge >= 0.3 is 0 Å². The second-order valence-corrected chi connectivity index (χ2v) is 10.4. The highest BCUT2D eigenvalue weighted by atomic mass is 32.2. The molecule has 1 atom stereocenters. The van der Waals surface area contributed by atoms with Crippen LogP contribution in [0.3, 0.4) is 0 Å². The summed E-state index contributed by atoms with van der Waals surface area (Å²) in [5, 5.41) is 0. The van der Waals surface area contributed by atoms with E-state index in [1.54, 1.807) is 11.4 Å². The number of hydrogen-bond acceptors (Lipinski definition) is 5. The number of aryl methyl sites for hydroxylation is 2. The molecule has 0 aromatic heterocycles. The number of rotatable bonds is 6. The number of methoxy groups -OCH3 is 1. The minimum Gasteiger partial charge on any atom is -0.383 e. The molecule has 0 aliphatic carbocycles. The molecule has 0 bridgehead atoms. The van der Waals surface area contributed by atoms with Crippen molar-refractivity contribution in [1.29, 1.82) is 0 Å². The van der Waals surface area contributed by atoms with E-state index in [0.717, 1.165) is 48.2 Å². The molecule has 1 aromatic rings. The summed E-state index contributed by atoms with van der Waals surface area (Å²) in [4.78, 5) is 17.3. The molecular weight excluding hydrogens is 402 g/mol. The molecule has 1 amide bonds. The van der Waals surface area contributed by atoms with Crippen LogP contribution in [-0.2, 0) is 19.6 Å². The van der Waals surface area contributed by atoms with Crippen molar-refractivity contribution in [2.24, 2.45) is 0 Å². The molecule has 0 radical (unpaired) electrons. The van der Waals surface area contributed by atoms with Crippen LogP contribution in [0.1, 0.15) is 35.1 Å². The molecule has 1 unspecified atom stereocenters. The second kappa shape index (κ2) is 9.34. The van der Waals surface area contributed by atoms with E-state index in [2.05, 4.69) is 11.0 Å². The third-order valence-corrected chi connectivity index (χ3v) is 8.83. The third kappa shape index (κ3) is 4.42. The maximum atomic E-state index is 13.6. The van der Waals surface area contributed by atoms with E-state index >= 15 is 0 Å². The largest absolute Gasteiger partial charge is 0.383 e. The summed E-state index contributed by atoms with van der Waals surface area (Å²) in [6.45, 7) is 11.8. The average molecular weight is 438 g/mol. The Balaban J connectivity index is 1.75. The van der Waals surface area contributed by atoms with Crippen LogP contribution < -0.4 is 0 Å². The summed E-state index contributed by atoms with van der Waals surface area (Å²) < 4.78 is 33.8. The van der Waals surface area contributed by atoms with E-state index in [4.69, 9.17) is 4.74 Å². The molecule has 0 N–H and O–H groups in total. The normalized spacial score (nSPS) is 22.0. The van der Waals surface area contributed by atoms with Gasteiger partial charge in [-0.2, -0.15) is 4.31 Å². The molecule has 8 heteroatoms. The summed E-state index contributed by atoms with van der Waals surface area (Å²) in [6.07, 6.45) is 1.52. The first kappa shape index (κ1) is 23.2. The van der Waals surface area contributed by atoms with Crippen molar-refractivity contribution in [3.8, 4) is 0 Å². The van der Waals surface area contributed by atoms with Gasteiger partial charge in [0.05, 0.1) is 17.5 Å². The van der Waals surface area contributed by atoms with Crippen LogP contribution >= 0.6 is 0 Å². The van der Waals surface area contributed by atoms with Crippen LogP contribution in [0, 0.1) is 27.7 Å². The number of hydrogen-bond donors (Lipinski definition) is 0. The van der Waals surface area contributed by atoms with Crippen LogP contribution in [0.2, 0.25) is 0 Å². The van der Waals surface area contributed by atoms with Crippen molar-refractivity contribution in [2.75, 3.05) is 53.0 Å². The fourth-order valence-corrected chi connectivity index (χ4v) is 6.69. The molecule has 2 saturated heterocycles. The summed E-state index contributed by atoms with van der Waals surface area (Å²) in [5.41, 5.74) is 3.67. The van der Waals surface area contributed by atoms with E-state index in [-0.39, 0.29) is 11.9 Å². The Morgan fingerprint density at radius 3 is 2.30 bits per heavy atom. The van der Waals surface area contributed by atoms with Crippen molar-refractivity contribution in [1.82, 2.24) is 14.1 Å². The molecule has 30 heavy (non-hydrogen) atoms. The van der Waals surface area contributed by atoms with Gasteiger partial charge in [0.1, 0.15) is 0 Å². The van der Waals surface area contributed by atoms with E-state index in [1.807, 2.05) is 32.6 Å². The SMILES string of the molecule is COCCN1CCC(N2CCCN(S(=O)(=O)c3c(C)c(C)cc(C)c3C)CC2)C1=O. The Morgan fingerprint density at radius 1 is 1.00 bits per heavy atom. The number of carbonyl (C=O) groups excluding carboxylic acids is 1. The van der Waals surface area contributed by atoms with Gasteiger partial charge < -0.3 is 9.64 Å². The quantitative estimate of drug-likeness (QED) is 0.680. The number of benzene rings is 1. The smallest absolute Gasteiger partial charge is 0.243 e. The maximum Gasteiger partial charge on any atom is 0.243 e. The molecule has 2 heterocycles. The van der Waals surface area contributed by atoms with Crippen LogP contribution in [-0.4, -0.2) is 87.5 Å². The summed E-state index contributed by atoms with van der Waals surface area (Å²) in [7, 11) is -1.94. The first-order valence-corrected chi connectivity index (χ1v) is 12.2. The average Bonchev–Trinajstić information content (AvgIpc) is 2.90. The van der Waals surface area contributed by atoms with Crippen molar-refractivity contribution < 1.29 is 17.9 Å². The van der Waals surface area contributed by atoms with Gasteiger partial charge in [-0.15, -0.1) is 0 Å². The molecule has 2 fully saturated rings. The molecule has 1 aromatic carbocycles. The molecule has 0 spiro atoms. The fraction of sp³-hybridized carbons (Fsp3) is 0.682. The van der Waals surface area contributed by atoms with E-state index in [0.29, 0.717) is 37.7 Å². The Bertz CT molecular complexity index is 874. The van der Waals surface area contributed by atoms with Crippen LogP contribution in [0.5, 0.6) is 0 Å². The Hall–Kier alpha value is -1.48. The van der Waals surface area contributed by atoms with Gasteiger partial charge in [0.25, 0.3) is 0 Å². The van der Waals surface area contributed by atoms with Crippen LogP contribution in [0.4, 0.5) is 0 Å². The highest BCUT2D eigenvalue weighted by molar-refractivity contribution is 7.89. The summed E-state index contributed by atoms with van der Waals surface area (Å²) >= 11 is 0. The van der Waals surface area contributed by atoms with Crippen molar-refractivity contribution in [2.45, 2.75) is 51.5 Å². The zero-order valence-corrected chi connectivity index (χ0v) is 19.7. The topological polar surface area (TPSA) is 70.2 Å². The minimum atomic E-state index is -3.58. The summed E-state index contributed by atoms with van der Waals surface area (Å²) in [5.74, 6) is 0.143. The lowest BCUT2D eigenvalue weighted by molar-refractivity contribution is -0.132. The maximum absolute atomic E-state index is 13.6. The first-order valence-electron chi connectivity index (χ1n) is 10.8. The monoisotopic (exact) mass is 437 g/mol. The predicted molar refractivity (Wildman–Crippen MR) is 117 cm³/mol. The van der Waals surface area contributed by atoms with Crippen LogP contribution in [0.15, 0.2) is 11.0 Å². The van der Waals surface area contributed by atoms with Gasteiger partial charge in [0.2, 0.25) is 15.9 Å². The molecule has 2 aliphatic heterocycles. The highest BCUT2D eigenvalue weighted by Gasteiger charge is 2.38. The molecule has 3 rings (SSSR count). The third-order valence-electron chi connectivity index (χ3n) is 6.66. The number of ether oxygens (including phenoxy) is 1. The lowest BCUT2D eigenvalue weighted by Crippen LogP contribution is -2.44. The molecular formula is C22H35N3O4S. The Kier molecular flexibility index (Phi) is 7.22. The lowest BCUT2D eigenvalue weighted by atomic mass is 10.0. The number of carbonyl (C=O) groups is 1. The zero-order chi connectivity index (χ0) is 22.1. The minimum absolute atomic E-state index is 0.143. The van der Waals surface area contributed by atoms with Gasteiger partial charge in [-0.25, -0.2) is 8.42 Å². The van der Waals surface area contributed by atoms with Gasteiger partial charge in [-0.05, 0) is 62.8 Å². The lowest BCUT2D eigenvalue weighted by Gasteiger charge is -2.27. The summed E-state index contributed by atoms with van der Waals surface area (Å²) in [6, 6.07) is 1.91. The number of amides is 1. The van der Waals surface area contributed by atoms with Crippen LogP contribution in [0.25, 0.3) is 0 Å². The molecule has 7 nitrogen and oxygen atoms in total. The fourth-order valence-electron chi connectivity index (χ4n) is 4.65. The molecule has 2 aliphatic rings. The first-order chi connectivity index (χ1) is 14.2. The van der Waals surface area contributed by atoms with Gasteiger partial charge in [-0.3, -0.25) is 9.69 Å². The van der Waals surface area contributed by atoms with Gasteiger partial charge in [0.15, 0.2) is 0 Å². The van der Waals surface area contributed by atoms with Crippen molar-refractivity contribution in [3.63, 3.8) is 0 Å². The number of likely N-dealkylation sites (tertiary alicyclic amines) is 1. The van der Waals surface area contributed by atoms with Crippen molar-refractivity contribution >= 4 is 15.9 Å². The van der Waals surface area contributed by atoms with E-state index in [9.17, 15) is 13.2 Å². The zero-order valence-electron chi connectivity index (χ0n) is 18.9. The second-order valence-electron chi connectivity index (χ2n) is 8.51. The standard InChI is InChI=1S/C22H35N3O4S/c1-16-15-17(2)19(4)21(18(16)3)30(27,28)25-9-6-8-23(11-12-25)20-7-10-24(22(20)26)13-14-29-5/h15,20H,6-14H2,1-5H3. The molecule has 0 saturated carbocycles. The van der Waals surface area contributed by atoms with Gasteiger partial charge in [0, 0.05) is 46.4 Å². The number of nitrogens with zero attached hydrogens (tertiary/aromatic N) is 3. The van der Waals surface area contributed by atoms with E-state index < -0.39 is 10.0 Å². The highest BCUT2D eigenvalue weighted by Crippen LogP contribution is 2.29. The van der Waals surface area contributed by atoms with Crippen molar-refractivity contribution in [3.05, 3.63) is 28.3 Å². The van der Waals surface area contributed by atoms with Gasteiger partial charge in [-0.1, -0.05) is 6.07 Å². The Labute approximate surface area is 181 Å². The predicted octanol–water partition coefficient (Wildman–Crippen LogP) is 1.86. The molecule has 168 valence electrons. The number of sulfonamides is 1. The Morgan fingerprint density at radius 2 is 1.67 bits per heavy atom.